The van der Waals surface area contributed by atoms with Crippen molar-refractivity contribution in [3.63, 3.8) is 0 Å². The Bertz CT molecular complexity index is 1140. The first kappa shape index (κ1) is 18.7. The van der Waals surface area contributed by atoms with Crippen LogP contribution < -0.4 is 5.32 Å². The number of carbonyl (C=O) groups is 1. The van der Waals surface area contributed by atoms with Crippen LogP contribution in [-0.2, 0) is 11.2 Å². The van der Waals surface area contributed by atoms with Crippen molar-refractivity contribution in [3.05, 3.63) is 95.3 Å². The third kappa shape index (κ3) is 4.13. The van der Waals surface area contributed by atoms with Gasteiger partial charge >= 0.3 is 6.01 Å². The topological polar surface area (TPSA) is 55.1 Å². The van der Waals surface area contributed by atoms with Gasteiger partial charge in [0.2, 0.25) is 5.91 Å². The third-order valence-corrected chi connectivity index (χ3v) is 4.53. The van der Waals surface area contributed by atoms with Crippen molar-refractivity contribution in [1.82, 2.24) is 4.98 Å². The molecular weight excluding hydrogens is 381 g/mol. The molecule has 1 heterocycles. The minimum absolute atomic E-state index is 0.0179. The Morgan fingerprint density at radius 1 is 0.966 bits per heavy atom. The minimum Gasteiger partial charge on any atom is -0.423 e. The number of para-hydroxylation sites is 2. The van der Waals surface area contributed by atoms with Gasteiger partial charge < -0.3 is 4.42 Å². The molecule has 4 aromatic rings. The molecule has 0 saturated carbocycles. The van der Waals surface area contributed by atoms with Crippen LogP contribution in [0.25, 0.3) is 11.1 Å². The van der Waals surface area contributed by atoms with Gasteiger partial charge in [0.05, 0.1) is 5.92 Å². The molecule has 1 unspecified atom stereocenters. The van der Waals surface area contributed by atoms with Gasteiger partial charge in [-0.05, 0) is 42.3 Å². The highest BCUT2D eigenvalue weighted by atomic mass is 19.1. The van der Waals surface area contributed by atoms with E-state index < -0.39 is 29.3 Å². The van der Waals surface area contributed by atoms with Gasteiger partial charge in [0.25, 0.3) is 0 Å². The molecule has 146 valence electrons. The first-order chi connectivity index (χ1) is 14.0. The van der Waals surface area contributed by atoms with E-state index in [0.717, 1.165) is 12.1 Å². The smallest absolute Gasteiger partial charge is 0.302 e. The zero-order valence-electron chi connectivity index (χ0n) is 15.0. The fourth-order valence-corrected chi connectivity index (χ4v) is 3.10. The van der Waals surface area contributed by atoms with Crippen LogP contribution in [0.3, 0.4) is 0 Å². The van der Waals surface area contributed by atoms with E-state index in [0.29, 0.717) is 16.7 Å². The molecule has 1 aromatic heterocycles. The Hall–Kier alpha value is -3.61. The van der Waals surface area contributed by atoms with E-state index in [1.807, 2.05) is 0 Å². The highest BCUT2D eigenvalue weighted by Gasteiger charge is 2.26. The summed E-state index contributed by atoms with van der Waals surface area (Å²) in [4.78, 5) is 17.1. The summed E-state index contributed by atoms with van der Waals surface area (Å²) in [5.41, 5.74) is 1.69. The molecule has 0 fully saturated rings. The molecule has 1 atom stereocenters. The van der Waals surface area contributed by atoms with Crippen LogP contribution in [0.5, 0.6) is 0 Å². The van der Waals surface area contributed by atoms with Crippen molar-refractivity contribution in [2.24, 2.45) is 0 Å². The van der Waals surface area contributed by atoms with Gasteiger partial charge in [-0.1, -0.05) is 30.3 Å². The van der Waals surface area contributed by atoms with Gasteiger partial charge in [-0.25, -0.2) is 13.2 Å². The molecule has 4 rings (SSSR count). The van der Waals surface area contributed by atoms with E-state index >= 15 is 0 Å². The van der Waals surface area contributed by atoms with E-state index in [-0.39, 0.29) is 18.0 Å². The maximum atomic E-state index is 14.4. The number of anilines is 1. The van der Waals surface area contributed by atoms with Crippen LogP contribution in [-0.4, -0.2) is 10.9 Å². The van der Waals surface area contributed by atoms with Crippen LogP contribution in [0, 0.1) is 17.5 Å². The lowest BCUT2D eigenvalue weighted by Crippen LogP contribution is -2.24. The molecule has 0 aliphatic rings. The van der Waals surface area contributed by atoms with Crippen LogP contribution in [0.15, 0.2) is 71.1 Å². The fourth-order valence-electron chi connectivity index (χ4n) is 3.10. The van der Waals surface area contributed by atoms with E-state index in [2.05, 4.69) is 10.3 Å². The lowest BCUT2D eigenvalue weighted by molar-refractivity contribution is -0.117. The fraction of sp³-hybridized carbons (Fsp3) is 0.0909. The van der Waals surface area contributed by atoms with Crippen LogP contribution in [0.2, 0.25) is 0 Å². The SMILES string of the molecule is O=C(Nc1nc2ccccc2o1)C(Cc1ccc(F)cc1)c1ccc(F)cc1F. The van der Waals surface area contributed by atoms with Crippen LogP contribution in [0.1, 0.15) is 17.0 Å². The second kappa shape index (κ2) is 7.79. The molecule has 3 aromatic carbocycles. The molecule has 0 radical (unpaired) electrons. The predicted molar refractivity (Wildman–Crippen MR) is 102 cm³/mol. The molecule has 0 aliphatic heterocycles. The quantitative estimate of drug-likeness (QED) is 0.504. The number of nitrogens with zero attached hydrogens (tertiary/aromatic N) is 1. The van der Waals surface area contributed by atoms with E-state index in [9.17, 15) is 18.0 Å². The summed E-state index contributed by atoms with van der Waals surface area (Å²) < 4.78 is 46.5. The number of oxazole rings is 1. The van der Waals surface area contributed by atoms with Crippen LogP contribution >= 0.6 is 0 Å². The first-order valence-electron chi connectivity index (χ1n) is 8.85. The lowest BCUT2D eigenvalue weighted by atomic mass is 9.90. The molecule has 29 heavy (non-hydrogen) atoms. The predicted octanol–water partition coefficient (Wildman–Crippen LogP) is 5.21. The maximum absolute atomic E-state index is 14.4. The lowest BCUT2D eigenvalue weighted by Gasteiger charge is -2.17. The van der Waals surface area contributed by atoms with E-state index in [1.54, 1.807) is 24.3 Å². The van der Waals surface area contributed by atoms with Crippen molar-refractivity contribution in [2.45, 2.75) is 12.3 Å². The Kier molecular flexibility index (Phi) is 5.03. The molecule has 4 nitrogen and oxygen atoms in total. The van der Waals surface area contributed by atoms with Gasteiger partial charge in [0.1, 0.15) is 23.0 Å². The second-order valence-corrected chi connectivity index (χ2v) is 6.53. The number of aromatic nitrogens is 1. The zero-order valence-corrected chi connectivity index (χ0v) is 15.0. The molecular formula is C22H15F3N2O2. The molecule has 0 spiro atoms. The monoisotopic (exact) mass is 396 g/mol. The number of hydrogen-bond acceptors (Lipinski definition) is 3. The molecule has 0 saturated heterocycles. The summed E-state index contributed by atoms with van der Waals surface area (Å²) in [5.74, 6) is -3.59. The van der Waals surface area contributed by atoms with Gasteiger partial charge in [-0.2, -0.15) is 4.98 Å². The first-order valence-corrected chi connectivity index (χ1v) is 8.85. The maximum Gasteiger partial charge on any atom is 0.302 e. The van der Waals surface area contributed by atoms with Crippen molar-refractivity contribution in [3.8, 4) is 0 Å². The Balaban J connectivity index is 1.66. The number of amides is 1. The van der Waals surface area contributed by atoms with Gasteiger partial charge in [-0.15, -0.1) is 0 Å². The average molecular weight is 396 g/mol. The largest absolute Gasteiger partial charge is 0.423 e. The Morgan fingerprint density at radius 2 is 1.69 bits per heavy atom. The average Bonchev–Trinajstić information content (AvgIpc) is 3.10. The summed E-state index contributed by atoms with van der Waals surface area (Å²) in [6.45, 7) is 0. The summed E-state index contributed by atoms with van der Waals surface area (Å²) in [5, 5.41) is 2.55. The molecule has 0 bridgehead atoms. The number of fused-ring (bicyclic) bond motifs is 1. The Labute approximate surface area is 164 Å². The zero-order chi connectivity index (χ0) is 20.4. The van der Waals surface area contributed by atoms with Crippen LogP contribution in [0.4, 0.5) is 19.2 Å². The summed E-state index contributed by atoms with van der Waals surface area (Å²) in [6.07, 6.45) is 0.0783. The number of nitrogens with one attached hydrogen (secondary N) is 1. The number of hydrogen-bond donors (Lipinski definition) is 1. The van der Waals surface area contributed by atoms with E-state index in [4.69, 9.17) is 4.42 Å². The van der Waals surface area contributed by atoms with Gasteiger partial charge in [-0.3, -0.25) is 10.1 Å². The third-order valence-electron chi connectivity index (χ3n) is 4.53. The summed E-state index contributed by atoms with van der Waals surface area (Å²) >= 11 is 0. The summed E-state index contributed by atoms with van der Waals surface area (Å²) in [6, 6.07) is 15.5. The second-order valence-electron chi connectivity index (χ2n) is 6.53. The van der Waals surface area contributed by atoms with Crippen molar-refractivity contribution >= 4 is 23.0 Å². The van der Waals surface area contributed by atoms with E-state index in [1.165, 1.54) is 30.3 Å². The minimum atomic E-state index is -1.00. The van der Waals surface area contributed by atoms with Crippen molar-refractivity contribution < 1.29 is 22.4 Å². The number of benzene rings is 3. The number of carbonyl (C=O) groups excluding carboxylic acids is 1. The molecule has 1 amide bonds. The van der Waals surface area contributed by atoms with Crippen molar-refractivity contribution in [2.75, 3.05) is 5.32 Å². The normalized spacial score (nSPS) is 12.1. The van der Waals surface area contributed by atoms with Gasteiger partial charge in [0.15, 0.2) is 5.58 Å². The highest BCUT2D eigenvalue weighted by Crippen LogP contribution is 2.27. The summed E-state index contributed by atoms with van der Waals surface area (Å²) in [7, 11) is 0. The molecule has 1 N–H and O–H groups in total. The number of halogens is 3. The molecule has 0 aliphatic carbocycles. The van der Waals surface area contributed by atoms with Gasteiger partial charge in [0, 0.05) is 11.6 Å². The molecule has 7 heteroatoms. The van der Waals surface area contributed by atoms with Crippen molar-refractivity contribution in [1.29, 1.82) is 0 Å². The Morgan fingerprint density at radius 3 is 2.41 bits per heavy atom. The highest BCUT2D eigenvalue weighted by molar-refractivity contribution is 5.95. The standard InChI is InChI=1S/C22H15F3N2O2/c23-14-7-5-13(6-8-14)11-17(16-10-9-15(24)12-18(16)25)21(28)27-22-26-19-3-1-2-4-20(19)29-22/h1-10,12,17H,11H2,(H,26,27,28). The number of rotatable bonds is 5.